The Morgan fingerprint density at radius 3 is 2.65 bits per heavy atom. The van der Waals surface area contributed by atoms with E-state index < -0.39 is 0 Å². The quantitative estimate of drug-likeness (QED) is 0.579. The number of carbonyl (C=O) groups is 1. The molecule has 1 amide bonds. The predicted molar refractivity (Wildman–Crippen MR) is 97.1 cm³/mol. The number of furan rings is 1. The third-order valence-electron chi connectivity index (χ3n) is 3.99. The second-order valence-electron chi connectivity index (χ2n) is 5.78. The zero-order valence-corrected chi connectivity index (χ0v) is 13.8. The van der Waals surface area contributed by atoms with Gasteiger partial charge in [-0.15, -0.1) is 0 Å². The summed E-state index contributed by atoms with van der Waals surface area (Å²) in [4.78, 5) is 16.7. The van der Waals surface area contributed by atoms with E-state index in [-0.39, 0.29) is 5.91 Å². The zero-order chi connectivity index (χ0) is 17.8. The molecule has 0 fully saturated rings. The van der Waals surface area contributed by atoms with Crippen molar-refractivity contribution in [1.82, 2.24) is 20.5 Å². The lowest BCUT2D eigenvalue weighted by molar-refractivity contribution is 0.0946. The molecule has 0 saturated carbocycles. The largest absolute Gasteiger partial charge is 0.472 e. The Balaban J connectivity index is 1.39. The smallest absolute Gasteiger partial charge is 0.269 e. The molecule has 1 aromatic carbocycles. The number of aromatic nitrogens is 3. The van der Waals surface area contributed by atoms with Crippen LogP contribution >= 0.6 is 0 Å². The summed E-state index contributed by atoms with van der Waals surface area (Å²) in [5.41, 5.74) is 4.78. The number of benzene rings is 1. The van der Waals surface area contributed by atoms with E-state index in [4.69, 9.17) is 4.42 Å². The SMILES string of the molecule is O=C(NCc1ccc(-c2ccoc2)nc1)c1cc(-c2ccccc2)n[nH]1. The topological polar surface area (TPSA) is 83.8 Å². The number of pyridine rings is 1. The van der Waals surface area contributed by atoms with Gasteiger partial charge >= 0.3 is 0 Å². The number of carbonyl (C=O) groups excluding carboxylic acids is 1. The third kappa shape index (κ3) is 3.39. The van der Waals surface area contributed by atoms with E-state index in [9.17, 15) is 4.79 Å². The Morgan fingerprint density at radius 2 is 1.92 bits per heavy atom. The van der Waals surface area contributed by atoms with Gasteiger partial charge in [-0.1, -0.05) is 36.4 Å². The van der Waals surface area contributed by atoms with E-state index in [1.807, 2.05) is 48.5 Å². The Kier molecular flexibility index (Phi) is 4.30. The fraction of sp³-hybridized carbons (Fsp3) is 0.0500. The summed E-state index contributed by atoms with van der Waals surface area (Å²) in [6, 6.07) is 17.1. The van der Waals surface area contributed by atoms with E-state index in [1.54, 1.807) is 24.8 Å². The van der Waals surface area contributed by atoms with Crippen molar-refractivity contribution < 1.29 is 9.21 Å². The van der Waals surface area contributed by atoms with Crippen LogP contribution in [0.3, 0.4) is 0 Å². The van der Waals surface area contributed by atoms with E-state index in [2.05, 4.69) is 20.5 Å². The van der Waals surface area contributed by atoms with Crippen LogP contribution in [-0.4, -0.2) is 21.1 Å². The molecule has 3 aromatic heterocycles. The Labute approximate surface area is 149 Å². The molecular weight excluding hydrogens is 328 g/mol. The van der Waals surface area contributed by atoms with E-state index in [1.165, 1.54) is 0 Å². The van der Waals surface area contributed by atoms with Crippen molar-refractivity contribution in [2.45, 2.75) is 6.54 Å². The molecule has 0 aliphatic heterocycles. The van der Waals surface area contributed by atoms with Crippen molar-refractivity contribution in [1.29, 1.82) is 0 Å². The van der Waals surface area contributed by atoms with Gasteiger partial charge in [-0.25, -0.2) is 0 Å². The van der Waals surface area contributed by atoms with Crippen molar-refractivity contribution in [2.24, 2.45) is 0 Å². The molecule has 0 bridgehead atoms. The molecule has 128 valence electrons. The molecule has 0 radical (unpaired) electrons. The number of hydrogen-bond acceptors (Lipinski definition) is 4. The molecule has 2 N–H and O–H groups in total. The summed E-state index contributed by atoms with van der Waals surface area (Å²) in [6.45, 7) is 0.386. The van der Waals surface area contributed by atoms with Gasteiger partial charge < -0.3 is 9.73 Å². The molecule has 6 nitrogen and oxygen atoms in total. The minimum Gasteiger partial charge on any atom is -0.472 e. The number of aromatic amines is 1. The maximum absolute atomic E-state index is 12.3. The molecule has 0 aliphatic carbocycles. The molecule has 3 heterocycles. The highest BCUT2D eigenvalue weighted by Gasteiger charge is 2.11. The maximum atomic E-state index is 12.3. The number of H-pyrrole nitrogens is 1. The monoisotopic (exact) mass is 344 g/mol. The summed E-state index contributed by atoms with van der Waals surface area (Å²) >= 11 is 0. The Bertz CT molecular complexity index is 990. The lowest BCUT2D eigenvalue weighted by Crippen LogP contribution is -2.23. The van der Waals surface area contributed by atoms with Gasteiger partial charge in [0.05, 0.1) is 23.9 Å². The number of amides is 1. The number of nitrogens with zero attached hydrogens (tertiary/aromatic N) is 2. The van der Waals surface area contributed by atoms with Crippen LogP contribution in [0.5, 0.6) is 0 Å². The highest BCUT2D eigenvalue weighted by Crippen LogP contribution is 2.18. The second kappa shape index (κ2) is 7.06. The number of nitrogens with one attached hydrogen (secondary N) is 2. The molecule has 0 atom stereocenters. The molecule has 4 aromatic rings. The first kappa shape index (κ1) is 15.8. The first-order chi connectivity index (χ1) is 12.8. The van der Waals surface area contributed by atoms with Crippen LogP contribution in [-0.2, 0) is 6.54 Å². The highest BCUT2D eigenvalue weighted by molar-refractivity contribution is 5.93. The maximum Gasteiger partial charge on any atom is 0.269 e. The number of hydrogen-bond donors (Lipinski definition) is 2. The van der Waals surface area contributed by atoms with Crippen LogP contribution < -0.4 is 5.32 Å². The van der Waals surface area contributed by atoms with E-state index in [0.717, 1.165) is 28.1 Å². The van der Waals surface area contributed by atoms with Crippen LogP contribution in [0.25, 0.3) is 22.5 Å². The standard InChI is InChI=1S/C20H16N4O2/c25-20(19-10-18(23-24-19)15-4-2-1-3-5-15)22-12-14-6-7-17(21-11-14)16-8-9-26-13-16/h1-11,13H,12H2,(H,22,25)(H,23,24). The minimum atomic E-state index is -0.210. The van der Waals surface area contributed by atoms with Crippen molar-refractivity contribution in [2.75, 3.05) is 0 Å². The average Bonchev–Trinajstić information content (AvgIpc) is 3.39. The second-order valence-corrected chi connectivity index (χ2v) is 5.78. The predicted octanol–water partition coefficient (Wildman–Crippen LogP) is 3.66. The van der Waals surface area contributed by atoms with Crippen LogP contribution in [0.15, 0.2) is 77.7 Å². The Morgan fingerprint density at radius 1 is 1.04 bits per heavy atom. The normalized spacial score (nSPS) is 10.6. The van der Waals surface area contributed by atoms with Crippen LogP contribution in [0.4, 0.5) is 0 Å². The van der Waals surface area contributed by atoms with Gasteiger partial charge in [0.25, 0.3) is 5.91 Å². The van der Waals surface area contributed by atoms with Crippen molar-refractivity contribution in [3.63, 3.8) is 0 Å². The van der Waals surface area contributed by atoms with Gasteiger partial charge in [0.1, 0.15) is 5.69 Å². The van der Waals surface area contributed by atoms with E-state index >= 15 is 0 Å². The summed E-state index contributed by atoms with van der Waals surface area (Å²) in [6.07, 6.45) is 5.00. The summed E-state index contributed by atoms with van der Waals surface area (Å²) in [5.74, 6) is -0.210. The van der Waals surface area contributed by atoms with Crippen molar-refractivity contribution in [3.05, 3.63) is 84.6 Å². The molecule has 4 rings (SSSR count). The van der Waals surface area contributed by atoms with Gasteiger partial charge in [0, 0.05) is 23.9 Å². The van der Waals surface area contributed by atoms with Crippen LogP contribution in [0.2, 0.25) is 0 Å². The summed E-state index contributed by atoms with van der Waals surface area (Å²) in [7, 11) is 0. The van der Waals surface area contributed by atoms with Crippen LogP contribution in [0.1, 0.15) is 16.1 Å². The fourth-order valence-electron chi connectivity index (χ4n) is 2.58. The van der Waals surface area contributed by atoms with Crippen LogP contribution in [0, 0.1) is 0 Å². The molecule has 26 heavy (non-hydrogen) atoms. The van der Waals surface area contributed by atoms with E-state index in [0.29, 0.717) is 12.2 Å². The summed E-state index contributed by atoms with van der Waals surface area (Å²) in [5, 5.41) is 9.84. The average molecular weight is 344 g/mol. The third-order valence-corrected chi connectivity index (χ3v) is 3.99. The molecule has 0 aliphatic rings. The molecule has 0 saturated heterocycles. The van der Waals surface area contributed by atoms with Gasteiger partial charge in [-0.2, -0.15) is 5.10 Å². The van der Waals surface area contributed by atoms with Gasteiger partial charge in [0.15, 0.2) is 0 Å². The fourth-order valence-corrected chi connectivity index (χ4v) is 2.58. The van der Waals surface area contributed by atoms with Gasteiger partial charge in [-0.3, -0.25) is 14.9 Å². The molecule has 0 unspecified atom stereocenters. The van der Waals surface area contributed by atoms with Gasteiger partial charge in [0.2, 0.25) is 0 Å². The first-order valence-electron chi connectivity index (χ1n) is 8.16. The lowest BCUT2D eigenvalue weighted by atomic mass is 10.1. The highest BCUT2D eigenvalue weighted by atomic mass is 16.3. The number of rotatable bonds is 5. The van der Waals surface area contributed by atoms with Crippen molar-refractivity contribution >= 4 is 5.91 Å². The lowest BCUT2D eigenvalue weighted by Gasteiger charge is -2.04. The first-order valence-corrected chi connectivity index (χ1v) is 8.16. The molecule has 6 heteroatoms. The van der Waals surface area contributed by atoms with Gasteiger partial charge in [-0.05, 0) is 23.8 Å². The molecular formula is C20H16N4O2. The minimum absolute atomic E-state index is 0.210. The van der Waals surface area contributed by atoms with Crippen molar-refractivity contribution in [3.8, 4) is 22.5 Å². The summed E-state index contributed by atoms with van der Waals surface area (Å²) < 4.78 is 5.05. The molecule has 0 spiro atoms. The Hall–Kier alpha value is -3.67. The zero-order valence-electron chi connectivity index (χ0n) is 13.8.